The van der Waals surface area contributed by atoms with Gasteiger partial charge in [-0.2, -0.15) is 0 Å². The van der Waals surface area contributed by atoms with E-state index in [-0.39, 0.29) is 17.0 Å². The number of hydrogen-bond donors (Lipinski definition) is 1. The van der Waals surface area contributed by atoms with E-state index in [9.17, 15) is 8.42 Å². The van der Waals surface area contributed by atoms with Crippen LogP contribution >= 0.6 is 0 Å². The van der Waals surface area contributed by atoms with Crippen LogP contribution < -0.4 is 9.46 Å². The highest BCUT2D eigenvalue weighted by Crippen LogP contribution is 2.19. The maximum absolute atomic E-state index is 12.3. The number of benzene rings is 1. The van der Waals surface area contributed by atoms with Crippen LogP contribution in [0.15, 0.2) is 29.2 Å². The molecule has 0 amide bonds. The van der Waals surface area contributed by atoms with Gasteiger partial charge in [0, 0.05) is 12.6 Å². The first-order valence-electron chi connectivity index (χ1n) is 6.89. The number of rotatable bonds is 6. The molecule has 20 heavy (non-hydrogen) atoms. The molecule has 0 radical (unpaired) electrons. The zero-order valence-corrected chi connectivity index (χ0v) is 12.7. The maximum Gasteiger partial charge on any atom is 0.240 e. The van der Waals surface area contributed by atoms with E-state index in [1.54, 1.807) is 24.3 Å². The predicted molar refractivity (Wildman–Crippen MR) is 76.4 cm³/mol. The molecule has 1 saturated heterocycles. The summed E-state index contributed by atoms with van der Waals surface area (Å²) in [5.41, 5.74) is 0. The normalized spacial score (nSPS) is 20.8. The van der Waals surface area contributed by atoms with Crippen LogP contribution in [0.25, 0.3) is 0 Å². The molecular formula is C14H21NO4S. The second kappa shape index (κ2) is 6.56. The molecule has 5 nitrogen and oxygen atoms in total. The van der Waals surface area contributed by atoms with E-state index in [4.69, 9.17) is 9.47 Å². The summed E-state index contributed by atoms with van der Waals surface area (Å²) in [5, 5.41) is 0. The van der Waals surface area contributed by atoms with Gasteiger partial charge in [0.15, 0.2) is 0 Å². The molecule has 0 unspecified atom stereocenters. The molecule has 0 saturated carbocycles. The minimum Gasteiger partial charge on any atom is -0.494 e. The van der Waals surface area contributed by atoms with Crippen LogP contribution in [-0.4, -0.2) is 33.8 Å². The predicted octanol–water partition coefficient (Wildman–Crippen LogP) is 1.93. The Morgan fingerprint density at radius 1 is 1.40 bits per heavy atom. The Hall–Kier alpha value is -1.11. The van der Waals surface area contributed by atoms with Gasteiger partial charge >= 0.3 is 0 Å². The lowest BCUT2D eigenvalue weighted by atomic mass is 10.1. The molecule has 1 N–H and O–H groups in total. The molecule has 1 aromatic carbocycles. The fourth-order valence-corrected chi connectivity index (χ4v) is 3.54. The van der Waals surface area contributed by atoms with E-state index in [0.29, 0.717) is 19.0 Å². The van der Waals surface area contributed by atoms with Crippen molar-refractivity contribution < 1.29 is 17.9 Å². The molecule has 2 rings (SSSR count). The average molecular weight is 299 g/mol. The Bertz CT molecular complexity index is 521. The highest BCUT2D eigenvalue weighted by Gasteiger charge is 2.26. The summed E-state index contributed by atoms with van der Waals surface area (Å²) in [5.74, 6) is 0.665. The van der Waals surface area contributed by atoms with Gasteiger partial charge < -0.3 is 9.47 Å². The molecular weight excluding hydrogens is 278 g/mol. The fourth-order valence-electron chi connectivity index (χ4n) is 2.27. The molecule has 0 bridgehead atoms. The molecule has 1 fully saturated rings. The summed E-state index contributed by atoms with van der Waals surface area (Å²) in [6.45, 7) is 4.98. The number of ether oxygens (including phenoxy) is 2. The molecule has 0 spiro atoms. The molecule has 112 valence electrons. The minimum absolute atomic E-state index is 0.0347. The summed E-state index contributed by atoms with van der Waals surface area (Å²) in [4.78, 5) is 0.241. The van der Waals surface area contributed by atoms with Crippen molar-refractivity contribution in [3.63, 3.8) is 0 Å². The SMILES string of the molecule is CCOc1ccc(S(=O)(=O)N[C@H](C)[C@H]2CCCO2)cc1. The van der Waals surface area contributed by atoms with E-state index in [2.05, 4.69) is 4.72 Å². The molecule has 0 aromatic heterocycles. The van der Waals surface area contributed by atoms with Gasteiger partial charge in [-0.05, 0) is 51.0 Å². The number of hydrogen-bond acceptors (Lipinski definition) is 4. The largest absolute Gasteiger partial charge is 0.494 e. The Kier molecular flexibility index (Phi) is 5.01. The van der Waals surface area contributed by atoms with Gasteiger partial charge in [0.25, 0.3) is 0 Å². The topological polar surface area (TPSA) is 64.6 Å². The summed E-state index contributed by atoms with van der Waals surface area (Å²) >= 11 is 0. The maximum atomic E-state index is 12.3. The third-order valence-electron chi connectivity index (χ3n) is 3.31. The van der Waals surface area contributed by atoms with Gasteiger partial charge in [0.1, 0.15) is 5.75 Å². The molecule has 1 aliphatic rings. The zero-order chi connectivity index (χ0) is 14.6. The number of sulfonamides is 1. The van der Waals surface area contributed by atoms with Crippen LogP contribution in [0.2, 0.25) is 0 Å². The molecule has 2 atom stereocenters. The Balaban J connectivity index is 2.05. The van der Waals surface area contributed by atoms with Crippen molar-refractivity contribution in [1.29, 1.82) is 0 Å². The van der Waals surface area contributed by atoms with Crippen molar-refractivity contribution in [3.05, 3.63) is 24.3 Å². The van der Waals surface area contributed by atoms with Crippen molar-refractivity contribution in [3.8, 4) is 5.75 Å². The standard InChI is InChI=1S/C14H21NO4S/c1-3-18-12-6-8-13(9-7-12)20(16,17)15-11(2)14-5-4-10-19-14/h6-9,11,14-15H,3-5,10H2,1-2H3/t11-,14-/m1/s1. The van der Waals surface area contributed by atoms with E-state index >= 15 is 0 Å². The van der Waals surface area contributed by atoms with Crippen molar-refractivity contribution >= 4 is 10.0 Å². The van der Waals surface area contributed by atoms with Crippen molar-refractivity contribution in [2.45, 2.75) is 43.7 Å². The van der Waals surface area contributed by atoms with E-state index in [1.165, 1.54) is 0 Å². The Morgan fingerprint density at radius 2 is 2.10 bits per heavy atom. The van der Waals surface area contributed by atoms with Crippen molar-refractivity contribution in [2.75, 3.05) is 13.2 Å². The monoisotopic (exact) mass is 299 g/mol. The smallest absolute Gasteiger partial charge is 0.240 e. The molecule has 1 aliphatic heterocycles. The second-order valence-corrected chi connectivity index (χ2v) is 6.58. The highest BCUT2D eigenvalue weighted by atomic mass is 32.2. The summed E-state index contributed by atoms with van der Waals surface area (Å²) in [7, 11) is -3.51. The second-order valence-electron chi connectivity index (χ2n) is 4.87. The summed E-state index contributed by atoms with van der Waals surface area (Å²) < 4.78 is 38.0. The minimum atomic E-state index is -3.51. The van der Waals surface area contributed by atoms with Gasteiger partial charge in [-0.1, -0.05) is 0 Å². The van der Waals surface area contributed by atoms with Crippen LogP contribution in [0.4, 0.5) is 0 Å². The van der Waals surface area contributed by atoms with E-state index < -0.39 is 10.0 Å². The van der Waals surface area contributed by atoms with Gasteiger partial charge in [-0.15, -0.1) is 0 Å². The average Bonchev–Trinajstić information content (AvgIpc) is 2.93. The van der Waals surface area contributed by atoms with Crippen LogP contribution in [0.1, 0.15) is 26.7 Å². The third-order valence-corrected chi connectivity index (χ3v) is 4.88. The van der Waals surface area contributed by atoms with Crippen molar-refractivity contribution in [2.24, 2.45) is 0 Å². The summed E-state index contributed by atoms with van der Waals surface area (Å²) in [6.07, 6.45) is 1.85. The van der Waals surface area contributed by atoms with Gasteiger partial charge in [0.2, 0.25) is 10.0 Å². The quantitative estimate of drug-likeness (QED) is 0.872. The summed E-state index contributed by atoms with van der Waals surface area (Å²) in [6, 6.07) is 6.20. The first kappa shape index (κ1) is 15.3. The lowest BCUT2D eigenvalue weighted by molar-refractivity contribution is 0.0902. The van der Waals surface area contributed by atoms with Crippen molar-refractivity contribution in [1.82, 2.24) is 4.72 Å². The lowest BCUT2D eigenvalue weighted by Crippen LogP contribution is -2.40. The molecule has 6 heteroatoms. The van der Waals surface area contributed by atoms with E-state index in [1.807, 2.05) is 13.8 Å². The third kappa shape index (κ3) is 3.71. The Labute approximate surface area is 120 Å². The zero-order valence-electron chi connectivity index (χ0n) is 11.8. The van der Waals surface area contributed by atoms with E-state index in [0.717, 1.165) is 12.8 Å². The Morgan fingerprint density at radius 3 is 2.65 bits per heavy atom. The van der Waals surface area contributed by atoms with Crippen LogP contribution in [0, 0.1) is 0 Å². The van der Waals surface area contributed by atoms with Crippen LogP contribution in [-0.2, 0) is 14.8 Å². The van der Waals surface area contributed by atoms with Gasteiger partial charge in [-0.3, -0.25) is 0 Å². The van der Waals surface area contributed by atoms with Crippen LogP contribution in [0.5, 0.6) is 5.75 Å². The first-order chi connectivity index (χ1) is 9.53. The molecule has 1 heterocycles. The number of nitrogens with one attached hydrogen (secondary N) is 1. The van der Waals surface area contributed by atoms with Gasteiger partial charge in [-0.25, -0.2) is 13.1 Å². The fraction of sp³-hybridized carbons (Fsp3) is 0.571. The molecule has 0 aliphatic carbocycles. The molecule has 1 aromatic rings. The first-order valence-corrected chi connectivity index (χ1v) is 8.38. The lowest BCUT2D eigenvalue weighted by Gasteiger charge is -2.20. The van der Waals surface area contributed by atoms with Crippen LogP contribution in [0.3, 0.4) is 0 Å². The van der Waals surface area contributed by atoms with Gasteiger partial charge in [0.05, 0.1) is 17.6 Å². The highest BCUT2D eigenvalue weighted by molar-refractivity contribution is 7.89.